The Labute approximate surface area is 130 Å². The van der Waals surface area contributed by atoms with E-state index in [1.165, 1.54) is 11.1 Å². The number of alkyl halides is 1. The van der Waals surface area contributed by atoms with Crippen molar-refractivity contribution in [3.05, 3.63) is 58.5 Å². The zero-order valence-corrected chi connectivity index (χ0v) is 13.3. The third-order valence-corrected chi connectivity index (χ3v) is 3.68. The first kappa shape index (κ1) is 15.6. The highest BCUT2D eigenvalue weighted by Gasteiger charge is 2.16. The Bertz CT molecular complexity index is 633. The first-order chi connectivity index (χ1) is 9.99. The summed E-state index contributed by atoms with van der Waals surface area (Å²) in [5.41, 5.74) is 3.28. The number of hydrogen-bond donors (Lipinski definition) is 1. The second-order valence-corrected chi connectivity index (χ2v) is 5.66. The molecule has 3 nitrogen and oxygen atoms in total. The molecule has 4 heteroatoms. The van der Waals surface area contributed by atoms with Gasteiger partial charge in [0.25, 0.3) is 5.91 Å². The molecule has 1 aromatic carbocycles. The number of carbonyl (C=O) groups excluding carboxylic acids is 1. The van der Waals surface area contributed by atoms with E-state index in [4.69, 9.17) is 16.0 Å². The van der Waals surface area contributed by atoms with Crippen LogP contribution in [0.2, 0.25) is 0 Å². The second-order valence-electron chi connectivity index (χ2n) is 5.39. The predicted octanol–water partition coefficient (Wildman–Crippen LogP) is 4.00. The van der Waals surface area contributed by atoms with Gasteiger partial charge in [-0.15, -0.1) is 11.6 Å². The van der Waals surface area contributed by atoms with E-state index in [2.05, 4.69) is 30.4 Å². The first-order valence-electron chi connectivity index (χ1n) is 7.01. The van der Waals surface area contributed by atoms with Crippen molar-refractivity contribution in [3.63, 3.8) is 0 Å². The van der Waals surface area contributed by atoms with Crippen LogP contribution >= 0.6 is 11.6 Å². The molecule has 1 aromatic heterocycles. The van der Waals surface area contributed by atoms with Crippen LogP contribution in [0, 0.1) is 13.8 Å². The van der Waals surface area contributed by atoms with Crippen LogP contribution in [0.4, 0.5) is 0 Å². The van der Waals surface area contributed by atoms with Gasteiger partial charge in [-0.2, -0.15) is 0 Å². The highest BCUT2D eigenvalue weighted by Crippen LogP contribution is 2.17. The maximum Gasteiger partial charge on any atom is 0.287 e. The van der Waals surface area contributed by atoms with Crippen LogP contribution in [-0.2, 0) is 12.3 Å². The summed E-state index contributed by atoms with van der Waals surface area (Å²) in [5, 5.41) is 2.95. The van der Waals surface area contributed by atoms with Crippen LogP contribution in [-0.4, -0.2) is 11.9 Å². The Morgan fingerprint density at radius 1 is 1.33 bits per heavy atom. The van der Waals surface area contributed by atoms with Crippen LogP contribution in [0.25, 0.3) is 0 Å². The Balaban J connectivity index is 1.98. The number of aryl methyl sites for hydroxylation is 2. The summed E-state index contributed by atoms with van der Waals surface area (Å²) < 4.78 is 5.44. The molecule has 1 unspecified atom stereocenters. The van der Waals surface area contributed by atoms with Crippen molar-refractivity contribution in [1.29, 1.82) is 0 Å². The molecule has 21 heavy (non-hydrogen) atoms. The van der Waals surface area contributed by atoms with Gasteiger partial charge in [0, 0.05) is 11.6 Å². The lowest BCUT2D eigenvalue weighted by Gasteiger charge is -2.13. The fraction of sp³-hybridized carbons (Fsp3) is 0.353. The molecule has 0 aliphatic rings. The van der Waals surface area contributed by atoms with Crippen LogP contribution in [0.1, 0.15) is 39.9 Å². The first-order valence-corrected chi connectivity index (χ1v) is 7.54. The van der Waals surface area contributed by atoms with E-state index in [1.54, 1.807) is 6.07 Å². The third kappa shape index (κ3) is 4.11. The zero-order valence-electron chi connectivity index (χ0n) is 12.6. The smallest absolute Gasteiger partial charge is 0.287 e. The van der Waals surface area contributed by atoms with E-state index in [-0.39, 0.29) is 11.9 Å². The molecule has 0 radical (unpaired) electrons. The fourth-order valence-electron chi connectivity index (χ4n) is 2.30. The maximum absolute atomic E-state index is 12.1. The van der Waals surface area contributed by atoms with Gasteiger partial charge < -0.3 is 9.73 Å². The quantitative estimate of drug-likeness (QED) is 0.849. The summed E-state index contributed by atoms with van der Waals surface area (Å²) in [7, 11) is 0. The SMILES string of the molecule is Cc1cccc(CC(C)NC(=O)c2cc(CCl)c(C)o2)c1. The molecule has 0 saturated carbocycles. The minimum absolute atomic E-state index is 0.0316. The average Bonchev–Trinajstić information content (AvgIpc) is 2.80. The van der Waals surface area contributed by atoms with Gasteiger partial charge in [0.15, 0.2) is 5.76 Å². The van der Waals surface area contributed by atoms with Crippen molar-refractivity contribution < 1.29 is 9.21 Å². The van der Waals surface area contributed by atoms with Gasteiger partial charge in [-0.3, -0.25) is 4.79 Å². The molecule has 1 amide bonds. The molecule has 0 aliphatic heterocycles. The standard InChI is InChI=1S/C17H20ClNO2/c1-11-5-4-6-14(7-11)8-12(2)19-17(20)16-9-15(10-18)13(3)21-16/h4-7,9,12H,8,10H2,1-3H3,(H,19,20). The number of carbonyl (C=O) groups is 1. The second kappa shape index (κ2) is 6.81. The zero-order chi connectivity index (χ0) is 15.4. The summed E-state index contributed by atoms with van der Waals surface area (Å²) in [6.45, 7) is 5.86. The van der Waals surface area contributed by atoms with Gasteiger partial charge in [-0.05, 0) is 38.8 Å². The number of nitrogens with one attached hydrogen (secondary N) is 1. The van der Waals surface area contributed by atoms with E-state index in [0.29, 0.717) is 17.4 Å². The molecule has 1 heterocycles. The normalized spacial score (nSPS) is 12.2. The molecular formula is C17H20ClNO2. The summed E-state index contributed by atoms with van der Waals surface area (Å²) in [6.07, 6.45) is 0.787. The average molecular weight is 306 g/mol. The van der Waals surface area contributed by atoms with Crippen molar-refractivity contribution in [2.45, 2.75) is 39.1 Å². The minimum Gasteiger partial charge on any atom is -0.456 e. The summed E-state index contributed by atoms with van der Waals surface area (Å²) >= 11 is 5.79. The molecule has 0 spiro atoms. The molecule has 1 atom stereocenters. The lowest BCUT2D eigenvalue weighted by Crippen LogP contribution is -2.33. The molecule has 0 aliphatic carbocycles. The predicted molar refractivity (Wildman–Crippen MR) is 84.8 cm³/mol. The lowest BCUT2D eigenvalue weighted by atomic mass is 10.0. The lowest BCUT2D eigenvalue weighted by molar-refractivity contribution is 0.0911. The molecule has 1 N–H and O–H groups in total. The van der Waals surface area contributed by atoms with Gasteiger partial charge in [-0.25, -0.2) is 0 Å². The third-order valence-electron chi connectivity index (χ3n) is 3.39. The molecule has 0 saturated heterocycles. The van der Waals surface area contributed by atoms with Crippen molar-refractivity contribution in [1.82, 2.24) is 5.32 Å². The number of hydrogen-bond acceptors (Lipinski definition) is 2. The number of amides is 1. The van der Waals surface area contributed by atoms with Gasteiger partial charge in [-0.1, -0.05) is 29.8 Å². The fourth-order valence-corrected chi connectivity index (χ4v) is 2.57. The largest absolute Gasteiger partial charge is 0.456 e. The van der Waals surface area contributed by atoms with Gasteiger partial charge >= 0.3 is 0 Å². The number of benzene rings is 1. The maximum atomic E-state index is 12.1. The summed E-state index contributed by atoms with van der Waals surface area (Å²) in [4.78, 5) is 12.1. The van der Waals surface area contributed by atoms with E-state index in [1.807, 2.05) is 19.9 Å². The van der Waals surface area contributed by atoms with Crippen LogP contribution in [0.3, 0.4) is 0 Å². The molecular weight excluding hydrogens is 286 g/mol. The van der Waals surface area contributed by atoms with Crippen molar-refractivity contribution in [2.75, 3.05) is 0 Å². The van der Waals surface area contributed by atoms with E-state index >= 15 is 0 Å². The molecule has 0 bridgehead atoms. The van der Waals surface area contributed by atoms with Crippen molar-refractivity contribution >= 4 is 17.5 Å². The van der Waals surface area contributed by atoms with Crippen LogP contribution in [0.5, 0.6) is 0 Å². The Morgan fingerprint density at radius 3 is 2.71 bits per heavy atom. The summed E-state index contributed by atoms with van der Waals surface area (Å²) in [5.74, 6) is 1.16. The van der Waals surface area contributed by atoms with Gasteiger partial charge in [0.1, 0.15) is 5.76 Å². The topological polar surface area (TPSA) is 42.2 Å². The van der Waals surface area contributed by atoms with Crippen molar-refractivity contribution in [2.24, 2.45) is 0 Å². The van der Waals surface area contributed by atoms with Crippen molar-refractivity contribution in [3.8, 4) is 0 Å². The molecule has 0 fully saturated rings. The Hall–Kier alpha value is -1.74. The number of halogens is 1. The highest BCUT2D eigenvalue weighted by molar-refractivity contribution is 6.17. The number of furan rings is 1. The van der Waals surface area contributed by atoms with E-state index < -0.39 is 0 Å². The summed E-state index contributed by atoms with van der Waals surface area (Å²) in [6, 6.07) is 10.0. The highest BCUT2D eigenvalue weighted by atomic mass is 35.5. The Morgan fingerprint density at radius 2 is 2.10 bits per heavy atom. The number of rotatable bonds is 5. The minimum atomic E-state index is -0.199. The van der Waals surface area contributed by atoms with Gasteiger partial charge in [0.2, 0.25) is 0 Å². The van der Waals surface area contributed by atoms with E-state index in [0.717, 1.165) is 12.0 Å². The molecule has 112 valence electrons. The Kier molecular flexibility index (Phi) is 5.07. The molecule has 2 rings (SSSR count). The van der Waals surface area contributed by atoms with E-state index in [9.17, 15) is 4.79 Å². The van der Waals surface area contributed by atoms with Crippen LogP contribution in [0.15, 0.2) is 34.7 Å². The molecule has 2 aromatic rings. The van der Waals surface area contributed by atoms with Gasteiger partial charge in [0.05, 0.1) is 5.88 Å². The monoisotopic (exact) mass is 305 g/mol. The van der Waals surface area contributed by atoms with Crippen LogP contribution < -0.4 is 5.32 Å².